The highest BCUT2D eigenvalue weighted by Crippen LogP contribution is 2.38. The van der Waals surface area contributed by atoms with E-state index in [1.165, 1.54) is 24.3 Å². The Balaban J connectivity index is 2.44. The number of Topliss-reactive ketones (excluding diaryl/α,β-unsaturated/α-hetero) is 1. The first-order chi connectivity index (χ1) is 7.41. The van der Waals surface area contributed by atoms with Crippen molar-refractivity contribution in [3.63, 3.8) is 0 Å². The maximum absolute atomic E-state index is 12.2. The van der Waals surface area contributed by atoms with Gasteiger partial charge in [0.2, 0.25) is 0 Å². The Labute approximate surface area is 87.8 Å². The van der Waals surface area contributed by atoms with E-state index >= 15 is 0 Å². The van der Waals surface area contributed by atoms with Crippen LogP contribution < -0.4 is 4.74 Å². The van der Waals surface area contributed by atoms with Gasteiger partial charge < -0.3 is 4.74 Å². The number of esters is 1. The van der Waals surface area contributed by atoms with Crippen LogP contribution in [0.25, 0.3) is 0 Å². The summed E-state index contributed by atoms with van der Waals surface area (Å²) in [5, 5.41) is 0. The molecular formula is C10H5F3O3. The number of hydrogen-bond acceptors (Lipinski definition) is 3. The van der Waals surface area contributed by atoms with Gasteiger partial charge >= 0.3 is 12.1 Å². The van der Waals surface area contributed by atoms with E-state index < -0.39 is 23.8 Å². The summed E-state index contributed by atoms with van der Waals surface area (Å²) in [6, 6.07) is 5.56. The highest BCUT2D eigenvalue weighted by atomic mass is 19.4. The van der Waals surface area contributed by atoms with E-state index in [1.54, 1.807) is 0 Å². The molecule has 0 aromatic heterocycles. The lowest BCUT2D eigenvalue weighted by Crippen LogP contribution is -2.32. The van der Waals surface area contributed by atoms with Gasteiger partial charge in [0, 0.05) is 5.56 Å². The van der Waals surface area contributed by atoms with E-state index in [-0.39, 0.29) is 11.3 Å². The molecule has 1 aliphatic heterocycles. The predicted molar refractivity (Wildman–Crippen MR) is 45.9 cm³/mol. The number of carbonyl (C=O) groups is 2. The number of carbonyl (C=O) groups excluding carboxylic acids is 2. The molecule has 1 aromatic rings. The highest BCUT2D eigenvalue weighted by Gasteiger charge is 2.51. The maximum atomic E-state index is 12.2. The third-order valence-electron chi connectivity index (χ3n) is 2.22. The second-order valence-corrected chi connectivity index (χ2v) is 3.25. The van der Waals surface area contributed by atoms with E-state index in [0.717, 1.165) is 0 Å². The largest absolute Gasteiger partial charge is 0.451 e. The Morgan fingerprint density at radius 2 is 1.88 bits per heavy atom. The third-order valence-corrected chi connectivity index (χ3v) is 2.22. The van der Waals surface area contributed by atoms with Gasteiger partial charge in [0.15, 0.2) is 5.92 Å². The molecule has 0 amide bonds. The molecule has 3 nitrogen and oxygen atoms in total. The molecule has 0 saturated heterocycles. The molecule has 84 valence electrons. The number of ketones is 1. The molecule has 1 unspecified atom stereocenters. The fraction of sp³-hybridized carbons (Fsp3) is 0.200. The summed E-state index contributed by atoms with van der Waals surface area (Å²) in [5.41, 5.74) is -0.0326. The first-order valence-corrected chi connectivity index (χ1v) is 4.33. The first kappa shape index (κ1) is 10.7. The van der Waals surface area contributed by atoms with Crippen molar-refractivity contribution < 1.29 is 27.5 Å². The minimum Gasteiger partial charge on any atom is -0.425 e. The van der Waals surface area contributed by atoms with Crippen molar-refractivity contribution in [1.82, 2.24) is 0 Å². The molecule has 0 spiro atoms. The first-order valence-electron chi connectivity index (χ1n) is 4.33. The smallest absolute Gasteiger partial charge is 0.425 e. The van der Waals surface area contributed by atoms with Gasteiger partial charge in [-0.05, 0) is 6.07 Å². The fourth-order valence-corrected chi connectivity index (χ4v) is 1.52. The summed E-state index contributed by atoms with van der Waals surface area (Å²) in [4.78, 5) is 22.2. The lowest BCUT2D eigenvalue weighted by molar-refractivity contribution is -0.174. The van der Waals surface area contributed by atoms with Crippen LogP contribution in [0.5, 0.6) is 5.75 Å². The normalized spacial score (nSPS) is 19.2. The van der Waals surface area contributed by atoms with Crippen LogP contribution in [0.2, 0.25) is 0 Å². The predicted octanol–water partition coefficient (Wildman–Crippen LogP) is 1.82. The van der Waals surface area contributed by atoms with E-state index in [9.17, 15) is 22.8 Å². The minimum atomic E-state index is -5.04. The number of rotatable bonds is 1. The third kappa shape index (κ3) is 1.56. The molecule has 0 aliphatic carbocycles. The van der Waals surface area contributed by atoms with Crippen molar-refractivity contribution in [3.8, 4) is 5.75 Å². The van der Waals surface area contributed by atoms with Crippen LogP contribution in [-0.4, -0.2) is 17.9 Å². The van der Waals surface area contributed by atoms with E-state index in [0.29, 0.717) is 0 Å². The quantitative estimate of drug-likeness (QED) is 0.420. The summed E-state index contributed by atoms with van der Waals surface area (Å²) < 4.78 is 41.2. The SMILES string of the molecule is O=C1Oc2ccccc2C1C(=O)C(F)(F)F. The molecule has 0 N–H and O–H groups in total. The van der Waals surface area contributed by atoms with Crippen LogP contribution in [-0.2, 0) is 9.59 Å². The van der Waals surface area contributed by atoms with Crippen molar-refractivity contribution in [2.45, 2.75) is 12.1 Å². The number of para-hydroxylation sites is 1. The molecular weight excluding hydrogens is 225 g/mol. The lowest BCUT2D eigenvalue weighted by atomic mass is 9.96. The molecule has 2 rings (SSSR count). The summed E-state index contributed by atoms with van der Waals surface area (Å²) in [6.45, 7) is 0. The number of benzene rings is 1. The van der Waals surface area contributed by atoms with Crippen LogP contribution in [0.1, 0.15) is 11.5 Å². The zero-order chi connectivity index (χ0) is 11.9. The molecule has 0 bridgehead atoms. The molecule has 16 heavy (non-hydrogen) atoms. The van der Waals surface area contributed by atoms with Gasteiger partial charge in [-0.1, -0.05) is 18.2 Å². The summed E-state index contributed by atoms with van der Waals surface area (Å²) in [5.74, 6) is -5.14. The van der Waals surface area contributed by atoms with Crippen molar-refractivity contribution >= 4 is 11.8 Å². The zero-order valence-electron chi connectivity index (χ0n) is 7.75. The summed E-state index contributed by atoms with van der Waals surface area (Å²) in [6.07, 6.45) is -5.04. The molecule has 0 saturated carbocycles. The van der Waals surface area contributed by atoms with E-state index in [2.05, 4.69) is 4.74 Å². The van der Waals surface area contributed by atoms with Crippen LogP contribution in [0.15, 0.2) is 24.3 Å². The van der Waals surface area contributed by atoms with E-state index in [4.69, 9.17) is 0 Å². The Morgan fingerprint density at radius 1 is 1.25 bits per heavy atom. The minimum absolute atomic E-state index is 0.00935. The summed E-state index contributed by atoms with van der Waals surface area (Å²) >= 11 is 0. The standard InChI is InChI=1S/C10H5F3O3/c11-10(12,13)8(14)7-5-3-1-2-4-6(5)16-9(7)15/h1-4,7H. The fourth-order valence-electron chi connectivity index (χ4n) is 1.52. The van der Waals surface area contributed by atoms with E-state index in [1.807, 2.05) is 0 Å². The Hall–Kier alpha value is -1.85. The highest BCUT2D eigenvalue weighted by molar-refractivity contribution is 6.10. The Kier molecular flexibility index (Phi) is 2.22. The van der Waals surface area contributed by atoms with Crippen LogP contribution in [0.3, 0.4) is 0 Å². The Morgan fingerprint density at radius 3 is 2.50 bits per heavy atom. The van der Waals surface area contributed by atoms with Crippen LogP contribution >= 0.6 is 0 Å². The Bertz CT molecular complexity index is 465. The van der Waals surface area contributed by atoms with Gasteiger partial charge in [-0.3, -0.25) is 9.59 Å². The molecule has 1 aromatic carbocycles. The molecule has 6 heteroatoms. The van der Waals surface area contributed by atoms with Gasteiger partial charge in [0.25, 0.3) is 5.78 Å². The molecule has 1 heterocycles. The number of alkyl halides is 3. The molecule has 1 aliphatic rings. The van der Waals surface area contributed by atoms with Gasteiger partial charge in [-0.15, -0.1) is 0 Å². The summed E-state index contributed by atoms with van der Waals surface area (Å²) in [7, 11) is 0. The van der Waals surface area contributed by atoms with Crippen LogP contribution in [0.4, 0.5) is 13.2 Å². The number of hydrogen-bond donors (Lipinski definition) is 0. The second-order valence-electron chi connectivity index (χ2n) is 3.25. The van der Waals surface area contributed by atoms with Gasteiger partial charge in [-0.2, -0.15) is 13.2 Å². The van der Waals surface area contributed by atoms with Crippen molar-refractivity contribution in [1.29, 1.82) is 0 Å². The molecule has 0 fully saturated rings. The molecule has 1 atom stereocenters. The monoisotopic (exact) mass is 230 g/mol. The number of ether oxygens (including phenoxy) is 1. The average molecular weight is 230 g/mol. The topological polar surface area (TPSA) is 43.4 Å². The van der Waals surface area contributed by atoms with Crippen molar-refractivity contribution in [3.05, 3.63) is 29.8 Å². The molecule has 0 radical (unpaired) electrons. The maximum Gasteiger partial charge on any atom is 0.451 e. The average Bonchev–Trinajstić information content (AvgIpc) is 2.51. The zero-order valence-corrected chi connectivity index (χ0v) is 7.75. The van der Waals surface area contributed by atoms with Gasteiger partial charge in [0.1, 0.15) is 5.75 Å². The van der Waals surface area contributed by atoms with Crippen molar-refractivity contribution in [2.75, 3.05) is 0 Å². The lowest BCUT2D eigenvalue weighted by Gasteiger charge is -2.08. The van der Waals surface area contributed by atoms with Gasteiger partial charge in [0.05, 0.1) is 0 Å². The number of fused-ring (bicyclic) bond motifs is 1. The van der Waals surface area contributed by atoms with Crippen molar-refractivity contribution in [2.24, 2.45) is 0 Å². The van der Waals surface area contributed by atoms with Gasteiger partial charge in [-0.25, -0.2) is 0 Å². The second kappa shape index (κ2) is 3.33. The number of halogens is 3. The van der Waals surface area contributed by atoms with Crippen LogP contribution in [0, 0.1) is 0 Å².